The first-order valence-corrected chi connectivity index (χ1v) is 6.20. The van der Waals surface area contributed by atoms with Gasteiger partial charge < -0.3 is 5.32 Å². The van der Waals surface area contributed by atoms with Crippen molar-refractivity contribution in [2.75, 3.05) is 5.32 Å². The van der Waals surface area contributed by atoms with Gasteiger partial charge in [0.2, 0.25) is 0 Å². The second-order valence-corrected chi connectivity index (χ2v) is 4.62. The lowest BCUT2D eigenvalue weighted by Gasteiger charge is -2.14. The van der Waals surface area contributed by atoms with Crippen molar-refractivity contribution in [3.8, 4) is 6.07 Å². The van der Waals surface area contributed by atoms with E-state index in [0.717, 1.165) is 5.69 Å². The number of hydrogen-bond acceptors (Lipinski definition) is 2. The van der Waals surface area contributed by atoms with Gasteiger partial charge in [-0.3, -0.25) is 0 Å². The molecule has 0 amide bonds. The van der Waals surface area contributed by atoms with E-state index in [-0.39, 0.29) is 11.7 Å². The maximum atomic E-state index is 13.9. The minimum Gasteiger partial charge on any atom is -0.353 e. The van der Waals surface area contributed by atoms with Gasteiger partial charge in [-0.25, -0.2) is 4.39 Å². The molecule has 0 fully saturated rings. The zero-order chi connectivity index (χ0) is 13.8. The second-order valence-electron chi connectivity index (χ2n) is 4.19. The highest BCUT2D eigenvalue weighted by Crippen LogP contribution is 2.29. The summed E-state index contributed by atoms with van der Waals surface area (Å²) in [6.07, 6.45) is 0. The Hall–Kier alpha value is -2.05. The molecule has 2 aromatic rings. The molecule has 2 aromatic carbocycles. The Morgan fingerprint density at radius 1 is 1.21 bits per heavy atom. The highest BCUT2D eigenvalue weighted by molar-refractivity contribution is 6.30. The second kappa shape index (κ2) is 5.73. The van der Waals surface area contributed by atoms with E-state index in [1.807, 2.05) is 0 Å². The van der Waals surface area contributed by atoms with Crippen molar-refractivity contribution in [3.05, 3.63) is 58.9 Å². The van der Waals surface area contributed by atoms with Crippen LogP contribution in [0, 0.1) is 17.1 Å². The van der Waals surface area contributed by atoms with Gasteiger partial charge in [0.1, 0.15) is 5.82 Å². The van der Waals surface area contributed by atoms with E-state index in [4.69, 9.17) is 16.9 Å². The first kappa shape index (κ1) is 13.4. The van der Waals surface area contributed by atoms with E-state index in [1.165, 1.54) is 6.07 Å². The Kier molecular flexibility index (Phi) is 4.03. The van der Waals surface area contributed by atoms with E-state index in [1.54, 1.807) is 43.3 Å². The molecule has 0 radical (unpaired) electrons. The van der Waals surface area contributed by atoms with Gasteiger partial charge in [0.25, 0.3) is 0 Å². The summed E-state index contributed by atoms with van der Waals surface area (Å²) in [5, 5.41) is 12.6. The third-order valence-electron chi connectivity index (χ3n) is 2.82. The van der Waals surface area contributed by atoms with Gasteiger partial charge in [0.05, 0.1) is 17.7 Å². The topological polar surface area (TPSA) is 35.8 Å². The standard InChI is InChI=1S/C15H12ClFN2/c1-10(9-18)13-3-2-4-14(17)15(13)19-12-7-5-11(16)6-8-12/h2-8,10,19H,1H3. The number of hydrogen-bond donors (Lipinski definition) is 1. The molecule has 1 N–H and O–H groups in total. The third kappa shape index (κ3) is 3.04. The number of rotatable bonds is 3. The number of benzene rings is 2. The molecular weight excluding hydrogens is 263 g/mol. The molecule has 96 valence electrons. The normalized spacial score (nSPS) is 11.7. The number of anilines is 2. The van der Waals surface area contributed by atoms with Crippen LogP contribution in [0.2, 0.25) is 5.02 Å². The molecule has 0 spiro atoms. The van der Waals surface area contributed by atoms with E-state index < -0.39 is 0 Å². The molecule has 0 aliphatic rings. The van der Waals surface area contributed by atoms with Crippen molar-refractivity contribution in [2.24, 2.45) is 0 Å². The summed E-state index contributed by atoms with van der Waals surface area (Å²) in [4.78, 5) is 0. The lowest BCUT2D eigenvalue weighted by molar-refractivity contribution is 0.629. The van der Waals surface area contributed by atoms with E-state index in [2.05, 4.69) is 11.4 Å². The van der Waals surface area contributed by atoms with E-state index in [9.17, 15) is 4.39 Å². The fraction of sp³-hybridized carbons (Fsp3) is 0.133. The lowest BCUT2D eigenvalue weighted by Crippen LogP contribution is -2.01. The Bertz CT molecular complexity index is 617. The fourth-order valence-electron chi connectivity index (χ4n) is 1.78. The molecule has 4 heteroatoms. The zero-order valence-electron chi connectivity index (χ0n) is 10.3. The van der Waals surface area contributed by atoms with Gasteiger partial charge in [-0.1, -0.05) is 23.7 Å². The van der Waals surface area contributed by atoms with Crippen molar-refractivity contribution in [1.29, 1.82) is 5.26 Å². The average Bonchev–Trinajstić information content (AvgIpc) is 2.42. The predicted molar refractivity (Wildman–Crippen MR) is 75.2 cm³/mol. The lowest BCUT2D eigenvalue weighted by atomic mass is 10.00. The van der Waals surface area contributed by atoms with E-state index >= 15 is 0 Å². The maximum absolute atomic E-state index is 13.9. The molecule has 0 saturated heterocycles. The molecule has 1 atom stereocenters. The fourth-order valence-corrected chi connectivity index (χ4v) is 1.91. The Labute approximate surface area is 116 Å². The Morgan fingerprint density at radius 2 is 1.89 bits per heavy atom. The number of nitrogens with one attached hydrogen (secondary N) is 1. The van der Waals surface area contributed by atoms with Crippen molar-refractivity contribution >= 4 is 23.0 Å². The van der Waals surface area contributed by atoms with Crippen LogP contribution in [0.5, 0.6) is 0 Å². The summed E-state index contributed by atoms with van der Waals surface area (Å²) < 4.78 is 13.9. The van der Waals surface area contributed by atoms with Crippen LogP contribution in [0.15, 0.2) is 42.5 Å². The Balaban J connectivity index is 2.39. The van der Waals surface area contributed by atoms with Gasteiger partial charge in [-0.15, -0.1) is 0 Å². The molecule has 0 bridgehead atoms. The monoisotopic (exact) mass is 274 g/mol. The Morgan fingerprint density at radius 3 is 2.53 bits per heavy atom. The molecular formula is C15H12ClFN2. The number of nitrogens with zero attached hydrogens (tertiary/aromatic N) is 1. The molecule has 19 heavy (non-hydrogen) atoms. The van der Waals surface area contributed by atoms with Crippen molar-refractivity contribution in [2.45, 2.75) is 12.8 Å². The summed E-state index contributed by atoms with van der Waals surface area (Å²) in [6.45, 7) is 1.74. The largest absolute Gasteiger partial charge is 0.353 e. The highest BCUT2D eigenvalue weighted by atomic mass is 35.5. The molecule has 0 aromatic heterocycles. The summed E-state index contributed by atoms with van der Waals surface area (Å²) in [7, 11) is 0. The van der Waals surface area contributed by atoms with Gasteiger partial charge in [0, 0.05) is 10.7 Å². The average molecular weight is 275 g/mol. The SMILES string of the molecule is CC(C#N)c1cccc(F)c1Nc1ccc(Cl)cc1. The first-order chi connectivity index (χ1) is 9.11. The van der Waals surface area contributed by atoms with Crippen LogP contribution < -0.4 is 5.32 Å². The number of para-hydroxylation sites is 1. The zero-order valence-corrected chi connectivity index (χ0v) is 11.1. The van der Waals surface area contributed by atoms with Crippen LogP contribution in [0.25, 0.3) is 0 Å². The van der Waals surface area contributed by atoms with Crippen molar-refractivity contribution < 1.29 is 4.39 Å². The third-order valence-corrected chi connectivity index (χ3v) is 3.07. The summed E-state index contributed by atoms with van der Waals surface area (Å²) in [5.41, 5.74) is 1.69. The van der Waals surface area contributed by atoms with Crippen molar-refractivity contribution in [1.82, 2.24) is 0 Å². The van der Waals surface area contributed by atoms with Crippen LogP contribution in [-0.2, 0) is 0 Å². The minimum absolute atomic E-state index is 0.332. The maximum Gasteiger partial charge on any atom is 0.146 e. The van der Waals surface area contributed by atoms with Crippen LogP contribution in [0.1, 0.15) is 18.4 Å². The van der Waals surface area contributed by atoms with Crippen LogP contribution in [0.4, 0.5) is 15.8 Å². The highest BCUT2D eigenvalue weighted by Gasteiger charge is 2.13. The molecule has 0 saturated carbocycles. The first-order valence-electron chi connectivity index (χ1n) is 5.82. The predicted octanol–water partition coefficient (Wildman–Crippen LogP) is 4.85. The quantitative estimate of drug-likeness (QED) is 0.868. The summed E-state index contributed by atoms with van der Waals surface area (Å²) in [6, 6.07) is 13.8. The van der Waals surface area contributed by atoms with Crippen LogP contribution >= 0.6 is 11.6 Å². The molecule has 1 unspecified atom stereocenters. The molecule has 2 rings (SSSR count). The molecule has 0 aliphatic heterocycles. The molecule has 0 aliphatic carbocycles. The number of halogens is 2. The smallest absolute Gasteiger partial charge is 0.146 e. The van der Waals surface area contributed by atoms with Crippen LogP contribution in [0.3, 0.4) is 0 Å². The van der Waals surface area contributed by atoms with Gasteiger partial charge >= 0.3 is 0 Å². The number of nitriles is 1. The molecule has 0 heterocycles. The van der Waals surface area contributed by atoms with Gasteiger partial charge in [0.15, 0.2) is 0 Å². The summed E-state index contributed by atoms with van der Waals surface area (Å²) in [5.74, 6) is -0.764. The van der Waals surface area contributed by atoms with Crippen LogP contribution in [-0.4, -0.2) is 0 Å². The van der Waals surface area contributed by atoms with Crippen molar-refractivity contribution in [3.63, 3.8) is 0 Å². The molecule has 2 nitrogen and oxygen atoms in total. The van der Waals surface area contributed by atoms with E-state index in [0.29, 0.717) is 16.3 Å². The minimum atomic E-state index is -0.384. The summed E-state index contributed by atoms with van der Waals surface area (Å²) >= 11 is 5.81. The van der Waals surface area contributed by atoms with Gasteiger partial charge in [-0.05, 0) is 42.8 Å². The van der Waals surface area contributed by atoms with Gasteiger partial charge in [-0.2, -0.15) is 5.26 Å².